The third-order valence-corrected chi connectivity index (χ3v) is 3.37. The predicted octanol–water partition coefficient (Wildman–Crippen LogP) is 4.15. The van der Waals surface area contributed by atoms with Crippen molar-refractivity contribution in [3.05, 3.63) is 34.3 Å². The van der Waals surface area contributed by atoms with Gasteiger partial charge in [-0.3, -0.25) is 0 Å². The van der Waals surface area contributed by atoms with Gasteiger partial charge in [0.2, 0.25) is 0 Å². The van der Waals surface area contributed by atoms with Crippen LogP contribution in [0.2, 0.25) is 0 Å². The fourth-order valence-electron chi connectivity index (χ4n) is 1.39. The second-order valence-corrected chi connectivity index (χ2v) is 5.11. The van der Waals surface area contributed by atoms with Gasteiger partial charge in [-0.1, -0.05) is 48.3 Å². The lowest BCUT2D eigenvalue weighted by atomic mass is 10.1. The molecule has 0 saturated heterocycles. The molecule has 0 aliphatic heterocycles. The van der Waals surface area contributed by atoms with E-state index in [1.54, 1.807) is 0 Å². The number of hydrogen-bond donors (Lipinski definition) is 1. The molecule has 0 aliphatic rings. The van der Waals surface area contributed by atoms with Gasteiger partial charge < -0.3 is 5.32 Å². The molecular formula is C13H20BrN. The second-order valence-electron chi connectivity index (χ2n) is 4.19. The van der Waals surface area contributed by atoms with Crippen molar-refractivity contribution < 1.29 is 0 Å². The lowest BCUT2D eigenvalue weighted by Crippen LogP contribution is -2.24. The molecule has 2 atom stereocenters. The van der Waals surface area contributed by atoms with Crippen molar-refractivity contribution in [3.63, 3.8) is 0 Å². The SMILES string of the molecule is CC[C@H](C)CN[C@H](C)c1ccc(Br)cc1. The van der Waals surface area contributed by atoms with E-state index < -0.39 is 0 Å². The van der Waals surface area contributed by atoms with Gasteiger partial charge in [-0.2, -0.15) is 0 Å². The zero-order valence-electron chi connectivity index (χ0n) is 9.76. The maximum Gasteiger partial charge on any atom is 0.0291 e. The Morgan fingerprint density at radius 1 is 1.20 bits per heavy atom. The molecule has 0 unspecified atom stereocenters. The Morgan fingerprint density at radius 3 is 2.33 bits per heavy atom. The van der Waals surface area contributed by atoms with Gasteiger partial charge in [0.25, 0.3) is 0 Å². The van der Waals surface area contributed by atoms with E-state index >= 15 is 0 Å². The quantitative estimate of drug-likeness (QED) is 0.847. The monoisotopic (exact) mass is 269 g/mol. The van der Waals surface area contributed by atoms with Crippen LogP contribution in [0.4, 0.5) is 0 Å². The summed E-state index contributed by atoms with van der Waals surface area (Å²) in [5, 5.41) is 3.55. The van der Waals surface area contributed by atoms with Gasteiger partial charge in [-0.15, -0.1) is 0 Å². The fourth-order valence-corrected chi connectivity index (χ4v) is 1.66. The number of halogens is 1. The molecule has 0 aliphatic carbocycles. The summed E-state index contributed by atoms with van der Waals surface area (Å²) in [6, 6.07) is 8.96. The average molecular weight is 270 g/mol. The zero-order chi connectivity index (χ0) is 11.3. The Morgan fingerprint density at radius 2 is 1.80 bits per heavy atom. The van der Waals surface area contributed by atoms with Crippen molar-refractivity contribution in [2.24, 2.45) is 5.92 Å². The first kappa shape index (κ1) is 12.7. The van der Waals surface area contributed by atoms with Gasteiger partial charge in [-0.25, -0.2) is 0 Å². The largest absolute Gasteiger partial charge is 0.310 e. The van der Waals surface area contributed by atoms with Crippen LogP contribution in [0.15, 0.2) is 28.7 Å². The van der Waals surface area contributed by atoms with Gasteiger partial charge in [0.1, 0.15) is 0 Å². The first-order valence-electron chi connectivity index (χ1n) is 5.62. The fraction of sp³-hybridized carbons (Fsp3) is 0.538. The van der Waals surface area contributed by atoms with Crippen LogP contribution in [0, 0.1) is 5.92 Å². The van der Waals surface area contributed by atoms with Crippen LogP contribution in [-0.4, -0.2) is 6.54 Å². The lowest BCUT2D eigenvalue weighted by molar-refractivity contribution is 0.461. The number of benzene rings is 1. The average Bonchev–Trinajstić information content (AvgIpc) is 2.26. The molecule has 0 saturated carbocycles. The molecule has 1 nitrogen and oxygen atoms in total. The van der Waals surface area contributed by atoms with Crippen LogP contribution >= 0.6 is 15.9 Å². The molecule has 0 amide bonds. The molecule has 1 aromatic carbocycles. The van der Waals surface area contributed by atoms with Crippen molar-refractivity contribution in [1.82, 2.24) is 5.32 Å². The normalized spacial score (nSPS) is 14.9. The topological polar surface area (TPSA) is 12.0 Å². The molecule has 0 aromatic heterocycles. The Labute approximate surface area is 101 Å². The Balaban J connectivity index is 2.46. The Kier molecular flexibility index (Phi) is 5.34. The molecule has 1 N–H and O–H groups in total. The van der Waals surface area contributed by atoms with Crippen LogP contribution in [0.1, 0.15) is 38.8 Å². The highest BCUT2D eigenvalue weighted by molar-refractivity contribution is 9.10. The van der Waals surface area contributed by atoms with Crippen molar-refractivity contribution in [2.45, 2.75) is 33.2 Å². The Hall–Kier alpha value is -0.340. The summed E-state index contributed by atoms with van der Waals surface area (Å²) < 4.78 is 1.14. The molecule has 2 heteroatoms. The molecule has 0 bridgehead atoms. The van der Waals surface area contributed by atoms with Gasteiger partial charge in [-0.05, 0) is 37.1 Å². The van der Waals surface area contributed by atoms with Crippen molar-refractivity contribution >= 4 is 15.9 Å². The standard InChI is InChI=1S/C13H20BrN/c1-4-10(2)9-15-11(3)12-5-7-13(14)8-6-12/h5-8,10-11,15H,4,9H2,1-3H3/t10-,11+/m0/s1. The zero-order valence-corrected chi connectivity index (χ0v) is 11.3. The highest BCUT2D eigenvalue weighted by atomic mass is 79.9. The number of hydrogen-bond acceptors (Lipinski definition) is 1. The van der Waals surface area contributed by atoms with Gasteiger partial charge >= 0.3 is 0 Å². The minimum absolute atomic E-state index is 0.437. The Bertz CT molecular complexity index is 281. The van der Waals surface area contributed by atoms with Gasteiger partial charge in [0.05, 0.1) is 0 Å². The first-order chi connectivity index (χ1) is 7.13. The first-order valence-corrected chi connectivity index (χ1v) is 6.41. The van der Waals surface area contributed by atoms with E-state index in [1.165, 1.54) is 12.0 Å². The maximum atomic E-state index is 3.55. The summed E-state index contributed by atoms with van der Waals surface area (Å²) >= 11 is 3.45. The van der Waals surface area contributed by atoms with E-state index in [0.29, 0.717) is 6.04 Å². The van der Waals surface area contributed by atoms with Crippen molar-refractivity contribution in [2.75, 3.05) is 6.54 Å². The van der Waals surface area contributed by atoms with Crippen LogP contribution in [0.25, 0.3) is 0 Å². The molecule has 0 radical (unpaired) electrons. The van der Waals surface area contributed by atoms with Crippen LogP contribution in [0.5, 0.6) is 0 Å². The molecule has 0 heterocycles. The van der Waals surface area contributed by atoms with E-state index in [2.05, 4.69) is 66.3 Å². The highest BCUT2D eigenvalue weighted by Crippen LogP contribution is 2.16. The third-order valence-electron chi connectivity index (χ3n) is 2.84. The third kappa shape index (κ3) is 4.35. The van der Waals surface area contributed by atoms with Crippen LogP contribution in [-0.2, 0) is 0 Å². The number of nitrogens with one attached hydrogen (secondary N) is 1. The van der Waals surface area contributed by atoms with Crippen LogP contribution < -0.4 is 5.32 Å². The smallest absolute Gasteiger partial charge is 0.0291 e. The van der Waals surface area contributed by atoms with E-state index in [1.807, 2.05) is 0 Å². The minimum atomic E-state index is 0.437. The van der Waals surface area contributed by atoms with E-state index in [0.717, 1.165) is 16.9 Å². The molecule has 1 rings (SSSR count). The minimum Gasteiger partial charge on any atom is -0.310 e. The number of rotatable bonds is 5. The van der Waals surface area contributed by atoms with E-state index in [9.17, 15) is 0 Å². The van der Waals surface area contributed by atoms with E-state index in [4.69, 9.17) is 0 Å². The van der Waals surface area contributed by atoms with Crippen molar-refractivity contribution in [3.8, 4) is 0 Å². The summed E-state index contributed by atoms with van der Waals surface area (Å²) in [7, 11) is 0. The summed E-state index contributed by atoms with van der Waals surface area (Å²) in [5.41, 5.74) is 1.35. The summed E-state index contributed by atoms with van der Waals surface area (Å²) in [5.74, 6) is 0.753. The molecule has 0 spiro atoms. The highest BCUT2D eigenvalue weighted by Gasteiger charge is 2.05. The predicted molar refractivity (Wildman–Crippen MR) is 70.0 cm³/mol. The summed E-state index contributed by atoms with van der Waals surface area (Å²) in [4.78, 5) is 0. The molecular weight excluding hydrogens is 250 g/mol. The van der Waals surface area contributed by atoms with Gasteiger partial charge in [0, 0.05) is 10.5 Å². The molecule has 84 valence electrons. The summed E-state index contributed by atoms with van der Waals surface area (Å²) in [6.45, 7) is 7.82. The summed E-state index contributed by atoms with van der Waals surface area (Å²) in [6.07, 6.45) is 1.24. The molecule has 15 heavy (non-hydrogen) atoms. The van der Waals surface area contributed by atoms with Crippen LogP contribution in [0.3, 0.4) is 0 Å². The van der Waals surface area contributed by atoms with E-state index in [-0.39, 0.29) is 0 Å². The van der Waals surface area contributed by atoms with Gasteiger partial charge in [0.15, 0.2) is 0 Å². The molecule has 0 fully saturated rings. The molecule has 1 aromatic rings. The second kappa shape index (κ2) is 6.29. The van der Waals surface area contributed by atoms with Crippen molar-refractivity contribution in [1.29, 1.82) is 0 Å². The maximum absolute atomic E-state index is 3.55. The lowest BCUT2D eigenvalue weighted by Gasteiger charge is -2.17.